The summed E-state index contributed by atoms with van der Waals surface area (Å²) in [7, 11) is 0. The van der Waals surface area contributed by atoms with Crippen LogP contribution in [0.5, 0.6) is 0 Å². The molecule has 0 spiro atoms. The molecule has 0 aromatic heterocycles. The van der Waals surface area contributed by atoms with Crippen LogP contribution in [0.15, 0.2) is 30.5 Å². The summed E-state index contributed by atoms with van der Waals surface area (Å²) in [6.07, 6.45) is 3.46. The number of amides is 2. The molecule has 22 heavy (non-hydrogen) atoms. The van der Waals surface area contributed by atoms with E-state index in [1.165, 1.54) is 25.1 Å². The van der Waals surface area contributed by atoms with E-state index >= 15 is 0 Å². The minimum Gasteiger partial charge on any atom is -0.315 e. The number of hydrogen-bond acceptors (Lipinski definition) is 1. The maximum atomic E-state index is 12.7. The second-order valence-corrected chi connectivity index (χ2v) is 5.60. The molecule has 1 fully saturated rings. The highest BCUT2D eigenvalue weighted by Gasteiger charge is 2.33. The van der Waals surface area contributed by atoms with Gasteiger partial charge >= 0.3 is 12.2 Å². The van der Waals surface area contributed by atoms with E-state index in [0.29, 0.717) is 5.92 Å². The van der Waals surface area contributed by atoms with Crippen molar-refractivity contribution in [3.05, 3.63) is 41.1 Å². The summed E-state index contributed by atoms with van der Waals surface area (Å²) in [5.41, 5.74) is -0.947. The fourth-order valence-corrected chi connectivity index (χ4v) is 2.62. The number of alkyl halides is 3. The van der Waals surface area contributed by atoms with Gasteiger partial charge in [0.15, 0.2) is 0 Å². The van der Waals surface area contributed by atoms with Crippen LogP contribution >= 0.6 is 11.6 Å². The van der Waals surface area contributed by atoms with Crippen molar-refractivity contribution in [3.8, 4) is 0 Å². The third-order valence-corrected chi connectivity index (χ3v) is 3.84. The van der Waals surface area contributed by atoms with Gasteiger partial charge in [0.2, 0.25) is 0 Å². The fraction of sp³-hybridized carbons (Fsp3) is 0.400. The van der Waals surface area contributed by atoms with E-state index in [1.54, 1.807) is 0 Å². The molecule has 7 heteroatoms. The van der Waals surface area contributed by atoms with Crippen molar-refractivity contribution in [2.24, 2.45) is 5.92 Å². The van der Waals surface area contributed by atoms with Crippen LogP contribution in [0, 0.1) is 5.92 Å². The summed E-state index contributed by atoms with van der Waals surface area (Å²) in [4.78, 5) is 11.6. The predicted octanol–water partition coefficient (Wildman–Crippen LogP) is 5.18. The van der Waals surface area contributed by atoms with Gasteiger partial charge in [0, 0.05) is 11.9 Å². The smallest absolute Gasteiger partial charge is 0.315 e. The van der Waals surface area contributed by atoms with Crippen molar-refractivity contribution >= 4 is 23.3 Å². The Balaban J connectivity index is 1.93. The molecule has 0 radical (unpaired) electrons. The normalized spacial score (nSPS) is 16.2. The van der Waals surface area contributed by atoms with E-state index in [9.17, 15) is 18.0 Å². The lowest BCUT2D eigenvalue weighted by atomic mass is 10.1. The Hall–Kier alpha value is -1.69. The monoisotopic (exact) mass is 332 g/mol. The van der Waals surface area contributed by atoms with Crippen molar-refractivity contribution in [2.75, 3.05) is 5.32 Å². The average Bonchev–Trinajstić information content (AvgIpc) is 2.93. The molecule has 0 unspecified atom stereocenters. The summed E-state index contributed by atoms with van der Waals surface area (Å²) < 4.78 is 38.2. The van der Waals surface area contributed by atoms with E-state index in [2.05, 4.69) is 10.6 Å². The summed E-state index contributed by atoms with van der Waals surface area (Å²) >= 11 is 5.51. The van der Waals surface area contributed by atoms with Crippen molar-refractivity contribution in [1.82, 2.24) is 5.32 Å². The van der Waals surface area contributed by atoms with Crippen LogP contribution in [0.1, 0.15) is 31.2 Å². The summed E-state index contributed by atoms with van der Waals surface area (Å²) in [6.45, 7) is 0. The van der Waals surface area contributed by atoms with Gasteiger partial charge in [0.25, 0.3) is 0 Å². The van der Waals surface area contributed by atoms with Gasteiger partial charge in [0.1, 0.15) is 0 Å². The number of benzene rings is 1. The van der Waals surface area contributed by atoms with Gasteiger partial charge in [-0.2, -0.15) is 13.2 Å². The number of hydrogen-bond donors (Lipinski definition) is 2. The Morgan fingerprint density at radius 1 is 1.27 bits per heavy atom. The number of carbonyl (C=O) groups is 1. The number of carbonyl (C=O) groups excluding carboxylic acids is 1. The maximum absolute atomic E-state index is 12.7. The quantitative estimate of drug-likeness (QED) is 0.786. The van der Waals surface area contributed by atoms with Crippen LogP contribution in [0.4, 0.5) is 23.7 Å². The van der Waals surface area contributed by atoms with E-state index in [-0.39, 0.29) is 5.69 Å². The first kappa shape index (κ1) is 16.7. The van der Waals surface area contributed by atoms with Gasteiger partial charge < -0.3 is 10.6 Å². The Bertz CT molecular complexity index is 566. The van der Waals surface area contributed by atoms with Gasteiger partial charge in [-0.15, -0.1) is 0 Å². The zero-order valence-electron chi connectivity index (χ0n) is 11.7. The minimum absolute atomic E-state index is 0.0310. The molecule has 120 valence electrons. The molecule has 0 heterocycles. The number of halogens is 4. The molecular weight excluding hydrogens is 317 g/mol. The second-order valence-electron chi connectivity index (χ2n) is 5.19. The first-order chi connectivity index (χ1) is 10.4. The van der Waals surface area contributed by atoms with E-state index < -0.39 is 22.8 Å². The zero-order chi connectivity index (χ0) is 16.2. The highest BCUT2D eigenvalue weighted by atomic mass is 35.5. The Labute approximate surface area is 131 Å². The lowest BCUT2D eigenvalue weighted by Gasteiger charge is -2.11. The van der Waals surface area contributed by atoms with Crippen LogP contribution in [-0.2, 0) is 6.18 Å². The first-order valence-electron chi connectivity index (χ1n) is 6.97. The Morgan fingerprint density at radius 2 is 1.95 bits per heavy atom. The molecule has 1 aromatic rings. The van der Waals surface area contributed by atoms with Crippen LogP contribution < -0.4 is 10.6 Å². The van der Waals surface area contributed by atoms with Crippen molar-refractivity contribution in [2.45, 2.75) is 31.9 Å². The highest BCUT2D eigenvalue weighted by Crippen LogP contribution is 2.36. The molecule has 2 rings (SSSR count). The number of anilines is 1. The molecule has 0 bridgehead atoms. The molecule has 1 aliphatic carbocycles. The topological polar surface area (TPSA) is 41.1 Å². The van der Waals surface area contributed by atoms with Gasteiger partial charge in [-0.1, -0.05) is 30.5 Å². The molecule has 1 saturated carbocycles. The van der Waals surface area contributed by atoms with Gasteiger partial charge in [-0.05, 0) is 37.0 Å². The summed E-state index contributed by atoms with van der Waals surface area (Å²) in [5.74, 6) is 0.465. The van der Waals surface area contributed by atoms with Crippen LogP contribution in [0.25, 0.3) is 0 Å². The Morgan fingerprint density at radius 3 is 2.59 bits per heavy atom. The van der Waals surface area contributed by atoms with Crippen LogP contribution in [0.3, 0.4) is 0 Å². The van der Waals surface area contributed by atoms with Gasteiger partial charge in [0.05, 0.1) is 10.6 Å². The third-order valence-electron chi connectivity index (χ3n) is 3.51. The number of rotatable bonds is 3. The summed E-state index contributed by atoms with van der Waals surface area (Å²) in [6, 6.07) is 2.64. The standard InChI is InChI=1S/C15H16ClF3N2O/c16-13-6-5-11(9-12(13)15(17,18)19)21-14(22)20-8-7-10-3-1-2-4-10/h5-10H,1-4H2,(H2,20,21,22)/b8-7+. The first-order valence-corrected chi connectivity index (χ1v) is 7.35. The predicted molar refractivity (Wildman–Crippen MR) is 79.7 cm³/mol. The third kappa shape index (κ3) is 4.66. The lowest BCUT2D eigenvalue weighted by molar-refractivity contribution is -0.137. The largest absolute Gasteiger partial charge is 0.417 e. The maximum Gasteiger partial charge on any atom is 0.417 e. The SMILES string of the molecule is O=C(N/C=C/C1CCCC1)Nc1ccc(Cl)c(C(F)(F)F)c1. The van der Waals surface area contributed by atoms with E-state index in [0.717, 1.165) is 25.0 Å². The number of nitrogens with one attached hydrogen (secondary N) is 2. The molecule has 0 saturated heterocycles. The zero-order valence-corrected chi connectivity index (χ0v) is 12.5. The van der Waals surface area contributed by atoms with Gasteiger partial charge in [-0.25, -0.2) is 4.79 Å². The molecule has 1 aliphatic rings. The molecule has 1 aromatic carbocycles. The highest BCUT2D eigenvalue weighted by molar-refractivity contribution is 6.31. The number of allylic oxidation sites excluding steroid dienone is 1. The van der Waals surface area contributed by atoms with Crippen molar-refractivity contribution < 1.29 is 18.0 Å². The molecule has 3 nitrogen and oxygen atoms in total. The molecule has 0 aliphatic heterocycles. The molecule has 2 N–H and O–H groups in total. The summed E-state index contributed by atoms with van der Waals surface area (Å²) in [5, 5.41) is 4.43. The minimum atomic E-state index is -4.56. The molecular formula is C15H16ClF3N2O. The molecule has 0 atom stereocenters. The van der Waals surface area contributed by atoms with Crippen molar-refractivity contribution in [3.63, 3.8) is 0 Å². The second kappa shape index (κ2) is 7.05. The Kier molecular flexibility index (Phi) is 5.34. The van der Waals surface area contributed by atoms with E-state index in [1.807, 2.05) is 6.08 Å². The lowest BCUT2D eigenvalue weighted by Crippen LogP contribution is -2.24. The average molecular weight is 333 g/mol. The van der Waals surface area contributed by atoms with Gasteiger partial charge in [-0.3, -0.25) is 0 Å². The fourth-order valence-electron chi connectivity index (χ4n) is 2.40. The van der Waals surface area contributed by atoms with E-state index in [4.69, 9.17) is 11.6 Å². The number of urea groups is 1. The molecule has 2 amide bonds. The van der Waals surface area contributed by atoms with Crippen LogP contribution in [-0.4, -0.2) is 6.03 Å². The van der Waals surface area contributed by atoms with Crippen molar-refractivity contribution in [1.29, 1.82) is 0 Å². The van der Waals surface area contributed by atoms with Crippen LogP contribution in [0.2, 0.25) is 5.02 Å².